The van der Waals surface area contributed by atoms with Crippen LogP contribution in [-0.4, -0.2) is 35.7 Å². The van der Waals surface area contributed by atoms with E-state index in [1.807, 2.05) is 30.3 Å². The van der Waals surface area contributed by atoms with Gasteiger partial charge >= 0.3 is 0 Å². The third kappa shape index (κ3) is 13.5. The number of phenols is 1. The lowest BCUT2D eigenvalue weighted by Crippen LogP contribution is -2.42. The molecular weight excluding hydrogens is 703 g/mol. The Bertz CT molecular complexity index is 1720. The van der Waals surface area contributed by atoms with Crippen molar-refractivity contribution in [3.63, 3.8) is 0 Å². The second-order valence-electron chi connectivity index (χ2n) is 18.0. The van der Waals surface area contributed by atoms with Crippen molar-refractivity contribution in [3.05, 3.63) is 124 Å². The molecule has 0 heterocycles. The molecule has 0 amide bonds. The summed E-state index contributed by atoms with van der Waals surface area (Å²) in [6.45, 7) is 18.8. The number of rotatable bonds is 23. The number of benzene rings is 4. The van der Waals surface area contributed by atoms with Crippen LogP contribution in [0.1, 0.15) is 166 Å². The Balaban J connectivity index is 1.98. The van der Waals surface area contributed by atoms with E-state index in [0.29, 0.717) is 47.8 Å². The standard InChI is InChI=1S/C52H73NO4/c1-9-11-13-15-17-24-34-56-47-32-30-42(50(3,4)5)37-44(47)52(55,49(36-40-26-20-19-21-27-40)53-39-41-28-22-23-29-46(41)54)45-38-43(51(6,7)8)31-33-48(45)57-35-25-18-16-14-12-10-2/h19-23,26-33,37-39,49,54-55H,9-18,24-25,34-36H2,1-8H3/t49-/m1/s1. The molecule has 5 heteroatoms. The zero-order valence-electron chi connectivity index (χ0n) is 36.6. The van der Waals surface area contributed by atoms with Gasteiger partial charge in [-0.2, -0.15) is 0 Å². The van der Waals surface area contributed by atoms with Gasteiger partial charge < -0.3 is 19.7 Å². The Morgan fingerprint density at radius 1 is 0.579 bits per heavy atom. The number of nitrogens with zero attached hydrogens (tertiary/aromatic N) is 1. The quantitative estimate of drug-likeness (QED) is 0.0581. The first-order chi connectivity index (χ1) is 27.3. The summed E-state index contributed by atoms with van der Waals surface area (Å²) in [4.78, 5) is 5.27. The van der Waals surface area contributed by atoms with E-state index >= 15 is 0 Å². The predicted molar refractivity (Wildman–Crippen MR) is 241 cm³/mol. The lowest BCUT2D eigenvalue weighted by Gasteiger charge is -2.39. The Morgan fingerprint density at radius 2 is 1.04 bits per heavy atom. The fourth-order valence-electron chi connectivity index (χ4n) is 7.39. The highest BCUT2D eigenvalue weighted by molar-refractivity contribution is 5.83. The van der Waals surface area contributed by atoms with Gasteiger partial charge in [-0.3, -0.25) is 4.99 Å². The first-order valence-electron chi connectivity index (χ1n) is 21.9. The van der Waals surface area contributed by atoms with Crippen LogP contribution >= 0.6 is 0 Å². The van der Waals surface area contributed by atoms with Crippen molar-refractivity contribution in [1.82, 2.24) is 0 Å². The molecular formula is C52H73NO4. The average Bonchev–Trinajstić information content (AvgIpc) is 3.18. The van der Waals surface area contributed by atoms with Gasteiger partial charge in [0.25, 0.3) is 0 Å². The van der Waals surface area contributed by atoms with E-state index in [2.05, 4.69) is 104 Å². The van der Waals surface area contributed by atoms with Crippen LogP contribution in [0.3, 0.4) is 0 Å². The van der Waals surface area contributed by atoms with Crippen molar-refractivity contribution in [2.24, 2.45) is 4.99 Å². The number of hydrogen-bond donors (Lipinski definition) is 2. The van der Waals surface area contributed by atoms with Gasteiger partial charge in [-0.15, -0.1) is 0 Å². The van der Waals surface area contributed by atoms with Gasteiger partial charge in [0.1, 0.15) is 22.8 Å². The number of aliphatic hydroxyl groups is 1. The maximum Gasteiger partial charge on any atom is 0.144 e. The largest absolute Gasteiger partial charge is 0.507 e. The highest BCUT2D eigenvalue weighted by Crippen LogP contribution is 2.47. The zero-order chi connectivity index (χ0) is 41.3. The smallest absolute Gasteiger partial charge is 0.144 e. The molecule has 2 N–H and O–H groups in total. The molecule has 0 saturated carbocycles. The van der Waals surface area contributed by atoms with Crippen LogP contribution < -0.4 is 9.47 Å². The minimum atomic E-state index is -1.72. The maximum atomic E-state index is 14.2. The fourth-order valence-corrected chi connectivity index (χ4v) is 7.39. The number of para-hydroxylation sites is 1. The molecule has 5 nitrogen and oxygen atoms in total. The minimum absolute atomic E-state index is 0.138. The van der Waals surface area contributed by atoms with Crippen LogP contribution in [0.2, 0.25) is 0 Å². The van der Waals surface area contributed by atoms with E-state index < -0.39 is 11.6 Å². The Labute approximate surface area is 346 Å². The number of aromatic hydroxyl groups is 1. The van der Waals surface area contributed by atoms with E-state index in [1.54, 1.807) is 18.3 Å². The molecule has 4 aromatic carbocycles. The molecule has 1 atom stereocenters. The van der Waals surface area contributed by atoms with E-state index in [-0.39, 0.29) is 16.6 Å². The molecule has 0 aromatic heterocycles. The third-order valence-electron chi connectivity index (χ3n) is 11.1. The van der Waals surface area contributed by atoms with E-state index in [0.717, 1.165) is 42.4 Å². The van der Waals surface area contributed by atoms with Gasteiger partial charge in [-0.05, 0) is 83.2 Å². The van der Waals surface area contributed by atoms with Crippen molar-refractivity contribution >= 4 is 6.21 Å². The lowest BCUT2D eigenvalue weighted by atomic mass is 9.73. The average molecular weight is 776 g/mol. The normalized spacial score (nSPS) is 12.9. The van der Waals surface area contributed by atoms with Crippen molar-refractivity contribution in [2.75, 3.05) is 13.2 Å². The molecule has 0 aliphatic rings. The summed E-state index contributed by atoms with van der Waals surface area (Å²) in [6, 6.07) is 29.4. The van der Waals surface area contributed by atoms with Gasteiger partial charge in [0.2, 0.25) is 0 Å². The number of unbranched alkanes of at least 4 members (excludes halogenated alkanes) is 10. The summed E-state index contributed by atoms with van der Waals surface area (Å²) in [5.41, 5.74) is 3.03. The van der Waals surface area contributed by atoms with E-state index in [1.165, 1.54) is 51.4 Å². The zero-order valence-corrected chi connectivity index (χ0v) is 36.6. The maximum absolute atomic E-state index is 14.2. The molecule has 0 bridgehead atoms. The second kappa shape index (κ2) is 22.2. The minimum Gasteiger partial charge on any atom is -0.507 e. The Hall–Kier alpha value is -4.09. The lowest BCUT2D eigenvalue weighted by molar-refractivity contribution is 0.0460. The summed E-state index contributed by atoms with van der Waals surface area (Å²) in [5.74, 6) is 1.44. The highest BCUT2D eigenvalue weighted by Gasteiger charge is 2.45. The molecule has 0 aliphatic carbocycles. The number of aliphatic imine (C=N–C) groups is 1. The fraction of sp³-hybridized carbons (Fsp3) is 0.519. The molecule has 0 unspecified atom stereocenters. The van der Waals surface area contributed by atoms with Crippen molar-refractivity contribution in [2.45, 2.75) is 161 Å². The van der Waals surface area contributed by atoms with Crippen LogP contribution in [0.5, 0.6) is 17.2 Å². The summed E-state index contributed by atoms with van der Waals surface area (Å²) >= 11 is 0. The SMILES string of the molecule is CCCCCCCCOc1ccc(C(C)(C)C)cc1C(O)(c1cc(C(C)(C)C)ccc1OCCCCCCCC)[C@@H](Cc1ccccc1)N=Cc1ccccc1O. The van der Waals surface area contributed by atoms with Gasteiger partial charge in [-0.1, -0.05) is 174 Å². The van der Waals surface area contributed by atoms with E-state index in [9.17, 15) is 10.2 Å². The van der Waals surface area contributed by atoms with Crippen molar-refractivity contribution < 1.29 is 19.7 Å². The molecule has 4 rings (SSSR count). The van der Waals surface area contributed by atoms with Gasteiger partial charge in [0, 0.05) is 22.9 Å². The van der Waals surface area contributed by atoms with Gasteiger partial charge in [-0.25, -0.2) is 0 Å². The molecule has 0 spiro atoms. The van der Waals surface area contributed by atoms with Crippen LogP contribution in [-0.2, 0) is 22.9 Å². The molecule has 4 aromatic rings. The van der Waals surface area contributed by atoms with E-state index in [4.69, 9.17) is 14.5 Å². The molecule has 57 heavy (non-hydrogen) atoms. The summed E-state index contributed by atoms with van der Waals surface area (Å²) < 4.78 is 13.5. The van der Waals surface area contributed by atoms with Crippen LogP contribution in [0.25, 0.3) is 0 Å². The topological polar surface area (TPSA) is 71.3 Å². The number of phenolic OH excluding ortho intramolecular Hbond substituents is 1. The highest BCUT2D eigenvalue weighted by atomic mass is 16.5. The number of ether oxygens (including phenoxy) is 2. The monoisotopic (exact) mass is 776 g/mol. The predicted octanol–water partition coefficient (Wildman–Crippen LogP) is 13.4. The van der Waals surface area contributed by atoms with Crippen LogP contribution in [0.15, 0.2) is 96.0 Å². The summed E-state index contributed by atoms with van der Waals surface area (Å²) in [6.07, 6.45) is 16.0. The first kappa shape index (κ1) is 45.6. The molecule has 310 valence electrons. The van der Waals surface area contributed by atoms with Crippen LogP contribution in [0, 0.1) is 0 Å². The first-order valence-corrected chi connectivity index (χ1v) is 21.9. The molecule has 0 radical (unpaired) electrons. The second-order valence-corrected chi connectivity index (χ2v) is 18.0. The summed E-state index contributed by atoms with van der Waals surface area (Å²) in [5, 5.41) is 25.1. The van der Waals surface area contributed by atoms with Gasteiger partial charge in [0.15, 0.2) is 0 Å². The van der Waals surface area contributed by atoms with Crippen LogP contribution in [0.4, 0.5) is 0 Å². The Kier molecular flexibility index (Phi) is 17.7. The van der Waals surface area contributed by atoms with Crippen molar-refractivity contribution in [3.8, 4) is 17.2 Å². The Morgan fingerprint density at radius 3 is 1.51 bits per heavy atom. The molecule has 0 aliphatic heterocycles. The molecule has 0 saturated heterocycles. The van der Waals surface area contributed by atoms with Crippen molar-refractivity contribution in [1.29, 1.82) is 0 Å². The number of hydrogen-bond acceptors (Lipinski definition) is 5. The van der Waals surface area contributed by atoms with Gasteiger partial charge in [0.05, 0.1) is 19.3 Å². The third-order valence-corrected chi connectivity index (χ3v) is 11.1. The summed E-state index contributed by atoms with van der Waals surface area (Å²) in [7, 11) is 0. The molecule has 0 fully saturated rings.